The molecule has 1 aromatic heterocycles. The first-order valence-electron chi connectivity index (χ1n) is 6.50. The Labute approximate surface area is 125 Å². The summed E-state index contributed by atoms with van der Waals surface area (Å²) in [6.45, 7) is 3.64. The SMILES string of the molecule is Nc1nc(N2CCOCC2)nn1Cc1cccc(Br)c1. The monoisotopic (exact) mass is 337 g/mol. The number of hydrogen-bond donors (Lipinski definition) is 1. The first-order valence-corrected chi connectivity index (χ1v) is 7.29. The molecule has 2 N–H and O–H groups in total. The van der Waals surface area contributed by atoms with Crippen molar-refractivity contribution in [2.45, 2.75) is 6.54 Å². The van der Waals surface area contributed by atoms with E-state index >= 15 is 0 Å². The lowest BCUT2D eigenvalue weighted by molar-refractivity contribution is 0.122. The number of morpholine rings is 1. The second kappa shape index (κ2) is 5.80. The largest absolute Gasteiger partial charge is 0.378 e. The highest BCUT2D eigenvalue weighted by molar-refractivity contribution is 9.10. The van der Waals surface area contributed by atoms with Crippen LogP contribution in [-0.4, -0.2) is 41.1 Å². The molecule has 1 aliphatic rings. The number of aromatic nitrogens is 3. The van der Waals surface area contributed by atoms with Gasteiger partial charge in [0.15, 0.2) is 0 Å². The average molecular weight is 338 g/mol. The van der Waals surface area contributed by atoms with Gasteiger partial charge in [0.2, 0.25) is 11.9 Å². The summed E-state index contributed by atoms with van der Waals surface area (Å²) in [5.74, 6) is 1.12. The van der Waals surface area contributed by atoms with Crippen molar-refractivity contribution >= 4 is 27.8 Å². The van der Waals surface area contributed by atoms with Crippen molar-refractivity contribution in [3.63, 3.8) is 0 Å². The molecule has 2 aromatic rings. The van der Waals surface area contributed by atoms with Crippen molar-refractivity contribution < 1.29 is 4.74 Å². The van der Waals surface area contributed by atoms with E-state index in [0.717, 1.165) is 23.1 Å². The van der Waals surface area contributed by atoms with Gasteiger partial charge >= 0.3 is 0 Å². The Bertz CT molecular complexity index is 594. The van der Waals surface area contributed by atoms with Gasteiger partial charge in [0.25, 0.3) is 0 Å². The van der Waals surface area contributed by atoms with Gasteiger partial charge in [0.05, 0.1) is 19.8 Å². The van der Waals surface area contributed by atoms with E-state index in [-0.39, 0.29) is 0 Å². The molecule has 1 saturated heterocycles. The van der Waals surface area contributed by atoms with Crippen LogP contribution in [0, 0.1) is 0 Å². The summed E-state index contributed by atoms with van der Waals surface area (Å²) in [5, 5.41) is 4.49. The molecule has 0 aliphatic carbocycles. The van der Waals surface area contributed by atoms with Gasteiger partial charge in [-0.25, -0.2) is 4.68 Å². The Hall–Kier alpha value is -1.60. The van der Waals surface area contributed by atoms with Crippen LogP contribution in [-0.2, 0) is 11.3 Å². The number of rotatable bonds is 3. The maximum absolute atomic E-state index is 5.95. The smallest absolute Gasteiger partial charge is 0.246 e. The van der Waals surface area contributed by atoms with Crippen LogP contribution in [0.1, 0.15) is 5.56 Å². The Balaban J connectivity index is 1.78. The highest BCUT2D eigenvalue weighted by Crippen LogP contribution is 2.16. The van der Waals surface area contributed by atoms with Crippen molar-refractivity contribution in [1.82, 2.24) is 14.8 Å². The van der Waals surface area contributed by atoms with Crippen LogP contribution in [0.2, 0.25) is 0 Å². The zero-order valence-corrected chi connectivity index (χ0v) is 12.6. The van der Waals surface area contributed by atoms with Crippen LogP contribution in [0.25, 0.3) is 0 Å². The molecule has 0 amide bonds. The Morgan fingerprint density at radius 1 is 1.30 bits per heavy atom. The lowest BCUT2D eigenvalue weighted by Crippen LogP contribution is -2.37. The van der Waals surface area contributed by atoms with Gasteiger partial charge in [-0.3, -0.25) is 0 Å². The van der Waals surface area contributed by atoms with Gasteiger partial charge in [0, 0.05) is 17.6 Å². The molecule has 1 fully saturated rings. The molecular weight excluding hydrogens is 322 g/mol. The summed E-state index contributed by atoms with van der Waals surface area (Å²) in [7, 11) is 0. The molecule has 6 nitrogen and oxygen atoms in total. The summed E-state index contributed by atoms with van der Waals surface area (Å²) < 4.78 is 8.10. The van der Waals surface area contributed by atoms with E-state index in [2.05, 4.69) is 37.0 Å². The molecule has 20 heavy (non-hydrogen) atoms. The fraction of sp³-hybridized carbons (Fsp3) is 0.385. The standard InChI is InChI=1S/C13H16BrN5O/c14-11-3-1-2-10(8-11)9-19-12(15)16-13(17-19)18-4-6-20-7-5-18/h1-3,8H,4-7,9H2,(H2,15,16,17). The first kappa shape index (κ1) is 13.4. The van der Waals surface area contributed by atoms with Gasteiger partial charge in [-0.15, -0.1) is 5.10 Å². The fourth-order valence-corrected chi connectivity index (χ4v) is 2.61. The third kappa shape index (κ3) is 2.94. The van der Waals surface area contributed by atoms with Gasteiger partial charge in [-0.1, -0.05) is 28.1 Å². The summed E-state index contributed by atoms with van der Waals surface area (Å²) in [5.41, 5.74) is 7.08. The van der Waals surface area contributed by atoms with Gasteiger partial charge in [-0.05, 0) is 17.7 Å². The van der Waals surface area contributed by atoms with E-state index in [4.69, 9.17) is 10.5 Å². The van der Waals surface area contributed by atoms with E-state index in [0.29, 0.717) is 31.7 Å². The lowest BCUT2D eigenvalue weighted by Gasteiger charge is -2.25. The molecule has 1 aromatic carbocycles. The molecule has 0 spiro atoms. The van der Waals surface area contributed by atoms with E-state index < -0.39 is 0 Å². The number of nitrogen functional groups attached to an aromatic ring is 1. The Morgan fingerprint density at radius 2 is 2.10 bits per heavy atom. The number of ether oxygens (including phenoxy) is 1. The van der Waals surface area contributed by atoms with Crippen molar-refractivity contribution in [2.75, 3.05) is 36.9 Å². The summed E-state index contributed by atoms with van der Waals surface area (Å²) in [6, 6.07) is 8.08. The molecule has 2 heterocycles. The molecule has 0 bridgehead atoms. The van der Waals surface area contributed by atoms with E-state index in [1.54, 1.807) is 4.68 Å². The van der Waals surface area contributed by atoms with Crippen LogP contribution in [0.15, 0.2) is 28.7 Å². The second-order valence-corrected chi connectivity index (χ2v) is 5.57. The van der Waals surface area contributed by atoms with Gasteiger partial charge in [0.1, 0.15) is 0 Å². The summed E-state index contributed by atoms with van der Waals surface area (Å²) in [4.78, 5) is 6.44. The molecule has 106 valence electrons. The predicted molar refractivity (Wildman–Crippen MR) is 80.7 cm³/mol. The van der Waals surface area contributed by atoms with E-state index in [9.17, 15) is 0 Å². The molecular formula is C13H16BrN5O. The summed E-state index contributed by atoms with van der Waals surface area (Å²) >= 11 is 3.46. The van der Waals surface area contributed by atoms with Crippen molar-refractivity contribution in [2.24, 2.45) is 0 Å². The minimum Gasteiger partial charge on any atom is -0.378 e. The van der Waals surface area contributed by atoms with E-state index in [1.807, 2.05) is 18.2 Å². The number of nitrogens with zero attached hydrogens (tertiary/aromatic N) is 4. The Morgan fingerprint density at radius 3 is 2.85 bits per heavy atom. The minimum absolute atomic E-state index is 0.437. The van der Waals surface area contributed by atoms with Crippen LogP contribution < -0.4 is 10.6 Å². The van der Waals surface area contributed by atoms with Gasteiger partial charge in [-0.2, -0.15) is 4.98 Å². The number of nitrogens with two attached hydrogens (primary N) is 1. The van der Waals surface area contributed by atoms with E-state index in [1.165, 1.54) is 0 Å². The summed E-state index contributed by atoms with van der Waals surface area (Å²) in [6.07, 6.45) is 0. The minimum atomic E-state index is 0.437. The van der Waals surface area contributed by atoms with Crippen molar-refractivity contribution in [3.8, 4) is 0 Å². The zero-order chi connectivity index (χ0) is 13.9. The number of anilines is 2. The third-order valence-electron chi connectivity index (χ3n) is 3.20. The van der Waals surface area contributed by atoms with Gasteiger partial charge < -0.3 is 15.4 Å². The average Bonchev–Trinajstić information content (AvgIpc) is 2.81. The first-order chi connectivity index (χ1) is 9.72. The topological polar surface area (TPSA) is 69.2 Å². The highest BCUT2D eigenvalue weighted by Gasteiger charge is 2.17. The molecule has 1 aliphatic heterocycles. The van der Waals surface area contributed by atoms with Crippen LogP contribution >= 0.6 is 15.9 Å². The van der Waals surface area contributed by atoms with Crippen molar-refractivity contribution in [3.05, 3.63) is 34.3 Å². The molecule has 3 rings (SSSR count). The Kier molecular flexibility index (Phi) is 3.88. The van der Waals surface area contributed by atoms with Crippen LogP contribution in [0.5, 0.6) is 0 Å². The molecule has 0 atom stereocenters. The number of halogens is 1. The third-order valence-corrected chi connectivity index (χ3v) is 3.70. The molecule has 0 saturated carbocycles. The van der Waals surface area contributed by atoms with Crippen LogP contribution in [0.3, 0.4) is 0 Å². The quantitative estimate of drug-likeness (QED) is 0.919. The molecule has 0 radical (unpaired) electrons. The normalized spacial score (nSPS) is 15.6. The lowest BCUT2D eigenvalue weighted by atomic mass is 10.2. The van der Waals surface area contributed by atoms with Crippen molar-refractivity contribution in [1.29, 1.82) is 0 Å². The zero-order valence-electron chi connectivity index (χ0n) is 11.0. The van der Waals surface area contributed by atoms with Crippen LogP contribution in [0.4, 0.5) is 11.9 Å². The highest BCUT2D eigenvalue weighted by atomic mass is 79.9. The molecule has 7 heteroatoms. The maximum Gasteiger partial charge on any atom is 0.246 e. The number of benzene rings is 1. The number of hydrogen-bond acceptors (Lipinski definition) is 5. The molecule has 0 unspecified atom stereocenters. The maximum atomic E-state index is 5.95. The second-order valence-electron chi connectivity index (χ2n) is 4.66. The predicted octanol–water partition coefficient (Wildman–Crippen LogP) is 1.51. The fourth-order valence-electron chi connectivity index (χ4n) is 2.16.